The summed E-state index contributed by atoms with van der Waals surface area (Å²) in [7, 11) is 3.47. The third-order valence-electron chi connectivity index (χ3n) is 3.37. The molecule has 0 aliphatic carbocycles. The molecule has 1 amide bonds. The third kappa shape index (κ3) is 3.13. The van der Waals surface area contributed by atoms with Crippen molar-refractivity contribution in [3.05, 3.63) is 39.8 Å². The summed E-state index contributed by atoms with van der Waals surface area (Å²) in [6, 6.07) is 2.56. The molecule has 0 spiro atoms. The van der Waals surface area contributed by atoms with E-state index in [4.69, 9.17) is 0 Å². The van der Waals surface area contributed by atoms with Gasteiger partial charge in [0.05, 0.1) is 29.1 Å². The molecule has 2 heterocycles. The van der Waals surface area contributed by atoms with Crippen molar-refractivity contribution in [3.8, 4) is 0 Å². The fourth-order valence-corrected chi connectivity index (χ4v) is 2.24. The zero-order valence-electron chi connectivity index (χ0n) is 12.9. The minimum atomic E-state index is -0.623. The summed E-state index contributed by atoms with van der Waals surface area (Å²) in [5.41, 5.74) is 1.34. The van der Waals surface area contributed by atoms with Gasteiger partial charge in [-0.05, 0) is 24.8 Å². The van der Waals surface area contributed by atoms with Crippen molar-refractivity contribution in [2.75, 3.05) is 7.05 Å². The van der Waals surface area contributed by atoms with E-state index in [-0.39, 0.29) is 11.7 Å². The van der Waals surface area contributed by atoms with Crippen molar-refractivity contribution < 1.29 is 9.72 Å². The molecule has 1 atom stereocenters. The number of aromatic nitrogens is 4. The number of carbonyl (C=O) groups excluding carboxylic acids is 1. The average Bonchev–Trinajstić information content (AvgIpc) is 3.03. The van der Waals surface area contributed by atoms with E-state index in [0.717, 1.165) is 5.69 Å². The minimum absolute atomic E-state index is 0.188. The first kappa shape index (κ1) is 15.7. The number of nitro groups is 1. The number of hydrogen-bond donors (Lipinski definition) is 0. The van der Waals surface area contributed by atoms with Gasteiger partial charge in [0.15, 0.2) is 0 Å². The van der Waals surface area contributed by atoms with Gasteiger partial charge in [-0.3, -0.25) is 9.48 Å². The predicted molar refractivity (Wildman–Crippen MR) is 78.0 cm³/mol. The maximum Gasteiger partial charge on any atom is 0.390 e. The van der Waals surface area contributed by atoms with Gasteiger partial charge in [0.2, 0.25) is 5.91 Å². The molecular formula is C13H18N6O3. The highest BCUT2D eigenvalue weighted by atomic mass is 16.6. The summed E-state index contributed by atoms with van der Waals surface area (Å²) >= 11 is 0. The summed E-state index contributed by atoms with van der Waals surface area (Å²) in [4.78, 5) is 24.2. The van der Waals surface area contributed by atoms with Crippen molar-refractivity contribution in [1.82, 2.24) is 24.5 Å². The molecule has 0 saturated heterocycles. The fourth-order valence-electron chi connectivity index (χ4n) is 2.24. The van der Waals surface area contributed by atoms with E-state index < -0.39 is 11.0 Å². The topological polar surface area (TPSA) is 99.1 Å². The molecule has 9 heteroatoms. The largest absolute Gasteiger partial charge is 0.390 e. The molecule has 0 aliphatic rings. The zero-order chi connectivity index (χ0) is 16.4. The Kier molecular flexibility index (Phi) is 4.25. The lowest BCUT2D eigenvalue weighted by Gasteiger charge is -2.19. The highest BCUT2D eigenvalue weighted by Gasteiger charge is 2.26. The van der Waals surface area contributed by atoms with Gasteiger partial charge in [-0.15, -0.1) is 0 Å². The molecule has 0 radical (unpaired) electrons. The van der Waals surface area contributed by atoms with Crippen LogP contribution in [0.1, 0.15) is 24.4 Å². The van der Waals surface area contributed by atoms with Crippen molar-refractivity contribution in [1.29, 1.82) is 0 Å². The molecular weight excluding hydrogens is 288 g/mol. The second-order valence-electron chi connectivity index (χ2n) is 5.20. The number of aryl methyl sites for hydroxylation is 2. The first-order valence-corrected chi connectivity index (χ1v) is 6.73. The maximum atomic E-state index is 12.4. The van der Waals surface area contributed by atoms with E-state index in [2.05, 4.69) is 10.2 Å². The van der Waals surface area contributed by atoms with E-state index >= 15 is 0 Å². The molecule has 9 nitrogen and oxygen atoms in total. The van der Waals surface area contributed by atoms with Gasteiger partial charge < -0.3 is 15.0 Å². The number of nitrogens with zero attached hydrogens (tertiary/aromatic N) is 6. The summed E-state index contributed by atoms with van der Waals surface area (Å²) in [5, 5.41) is 18.9. The van der Waals surface area contributed by atoms with Gasteiger partial charge in [-0.2, -0.15) is 9.78 Å². The first-order chi connectivity index (χ1) is 10.3. The highest BCUT2D eigenvalue weighted by molar-refractivity contribution is 5.79. The van der Waals surface area contributed by atoms with Gasteiger partial charge in [0, 0.05) is 20.3 Å². The van der Waals surface area contributed by atoms with E-state index in [9.17, 15) is 14.9 Å². The number of hydrogen-bond acceptors (Lipinski definition) is 5. The monoisotopic (exact) mass is 306 g/mol. The molecule has 0 bridgehead atoms. The third-order valence-corrected chi connectivity index (χ3v) is 3.37. The van der Waals surface area contributed by atoms with Crippen LogP contribution in [0.3, 0.4) is 0 Å². The smallest absolute Gasteiger partial charge is 0.358 e. The summed E-state index contributed by atoms with van der Waals surface area (Å²) < 4.78 is 3.04. The second-order valence-corrected chi connectivity index (χ2v) is 5.20. The van der Waals surface area contributed by atoms with Gasteiger partial charge in [0.1, 0.15) is 6.04 Å². The maximum absolute atomic E-state index is 12.4. The Balaban J connectivity index is 2.12. The quantitative estimate of drug-likeness (QED) is 0.607. The lowest BCUT2D eigenvalue weighted by molar-refractivity contribution is -0.389. The van der Waals surface area contributed by atoms with Gasteiger partial charge in [-0.25, -0.2) is 0 Å². The summed E-state index contributed by atoms with van der Waals surface area (Å²) in [6.07, 6.45) is 1.80. The van der Waals surface area contributed by atoms with Crippen molar-refractivity contribution in [3.63, 3.8) is 0 Å². The van der Waals surface area contributed by atoms with E-state index in [1.807, 2.05) is 6.07 Å². The van der Waals surface area contributed by atoms with Crippen LogP contribution in [0.4, 0.5) is 5.82 Å². The van der Waals surface area contributed by atoms with Crippen LogP contribution in [-0.4, -0.2) is 42.3 Å². The molecule has 1 unspecified atom stereocenters. The Hall–Kier alpha value is -2.71. The van der Waals surface area contributed by atoms with E-state index in [1.165, 1.54) is 15.6 Å². The number of likely N-dealkylation sites (N-methyl/N-ethyl adjacent to an activating group) is 1. The van der Waals surface area contributed by atoms with Crippen molar-refractivity contribution in [2.45, 2.75) is 26.4 Å². The molecule has 2 rings (SSSR count). The average molecular weight is 306 g/mol. The molecule has 0 aliphatic heterocycles. The van der Waals surface area contributed by atoms with Crippen LogP contribution >= 0.6 is 0 Å². The molecule has 2 aromatic rings. The Morgan fingerprint density at radius 3 is 2.68 bits per heavy atom. The van der Waals surface area contributed by atoms with Crippen LogP contribution in [0.2, 0.25) is 0 Å². The Morgan fingerprint density at radius 1 is 1.50 bits per heavy atom. The summed E-state index contributed by atoms with van der Waals surface area (Å²) in [5.74, 6) is -0.448. The first-order valence-electron chi connectivity index (χ1n) is 6.73. The lowest BCUT2D eigenvalue weighted by Crippen LogP contribution is -2.33. The minimum Gasteiger partial charge on any atom is -0.358 e. The second kappa shape index (κ2) is 5.96. The Bertz CT molecular complexity index is 704. The van der Waals surface area contributed by atoms with Crippen LogP contribution in [0, 0.1) is 17.0 Å². The Morgan fingerprint density at radius 2 is 2.18 bits per heavy atom. The van der Waals surface area contributed by atoms with Gasteiger partial charge in [-0.1, -0.05) is 0 Å². The van der Waals surface area contributed by atoms with E-state index in [0.29, 0.717) is 12.2 Å². The molecule has 22 heavy (non-hydrogen) atoms. The lowest BCUT2D eigenvalue weighted by atomic mass is 10.2. The van der Waals surface area contributed by atoms with E-state index in [1.54, 1.807) is 38.8 Å². The molecule has 0 saturated carbocycles. The normalized spacial score (nSPS) is 12.2. The predicted octanol–water partition coefficient (Wildman–Crippen LogP) is 1.05. The van der Waals surface area contributed by atoms with Crippen LogP contribution < -0.4 is 0 Å². The van der Waals surface area contributed by atoms with Crippen molar-refractivity contribution >= 4 is 11.7 Å². The van der Waals surface area contributed by atoms with Crippen LogP contribution in [0.15, 0.2) is 18.3 Å². The van der Waals surface area contributed by atoms with Crippen molar-refractivity contribution in [2.24, 2.45) is 7.05 Å². The zero-order valence-corrected chi connectivity index (χ0v) is 12.9. The molecule has 0 aromatic carbocycles. The molecule has 118 valence electrons. The number of amides is 1. The molecule has 2 aromatic heterocycles. The van der Waals surface area contributed by atoms with Crippen LogP contribution in [-0.2, 0) is 18.4 Å². The van der Waals surface area contributed by atoms with Gasteiger partial charge >= 0.3 is 5.82 Å². The number of rotatable bonds is 5. The highest BCUT2D eigenvalue weighted by Crippen LogP contribution is 2.18. The summed E-state index contributed by atoms with van der Waals surface area (Å²) in [6.45, 7) is 3.72. The standard InChI is InChI=1S/C13H18N6O3/c1-9-7-12(19(21)22)15-18(9)10(2)13(20)16(3)8-11-5-6-17(4)14-11/h5-7,10H,8H2,1-4H3. The van der Waals surface area contributed by atoms with Crippen LogP contribution in [0.5, 0.6) is 0 Å². The van der Waals surface area contributed by atoms with Crippen LogP contribution in [0.25, 0.3) is 0 Å². The molecule has 0 N–H and O–H groups in total. The van der Waals surface area contributed by atoms with Gasteiger partial charge in [0.25, 0.3) is 0 Å². The Labute approximate surface area is 127 Å². The SMILES string of the molecule is Cc1cc([N+](=O)[O-])nn1C(C)C(=O)N(C)Cc1ccn(C)n1. The number of carbonyl (C=O) groups is 1. The molecule has 0 fully saturated rings. The fraction of sp³-hybridized carbons (Fsp3) is 0.462.